The minimum Gasteiger partial charge on any atom is -0.497 e. The van der Waals surface area contributed by atoms with E-state index >= 15 is 0 Å². The van der Waals surface area contributed by atoms with Gasteiger partial charge in [0.15, 0.2) is 11.5 Å². The first-order valence-electron chi connectivity index (χ1n) is 11.4. The first-order chi connectivity index (χ1) is 15.6. The van der Waals surface area contributed by atoms with Crippen molar-refractivity contribution in [2.75, 3.05) is 46.5 Å². The van der Waals surface area contributed by atoms with E-state index in [4.69, 9.17) is 25.8 Å². The van der Waals surface area contributed by atoms with Gasteiger partial charge in [-0.25, -0.2) is 0 Å². The number of Topliss-reactive ketones (excluding diaryl/α,β-unsaturated/α-hetero) is 1. The van der Waals surface area contributed by atoms with Crippen molar-refractivity contribution in [3.8, 4) is 5.75 Å². The van der Waals surface area contributed by atoms with E-state index in [1.54, 1.807) is 12.0 Å². The zero-order valence-corrected chi connectivity index (χ0v) is 19.1. The largest absolute Gasteiger partial charge is 0.497 e. The maximum Gasteiger partial charge on any atom is 0.290 e. The number of hydrogen-bond acceptors (Lipinski definition) is 6. The lowest BCUT2D eigenvalue weighted by Gasteiger charge is -2.37. The van der Waals surface area contributed by atoms with E-state index in [-0.39, 0.29) is 34.8 Å². The molecule has 1 aromatic rings. The third-order valence-electron chi connectivity index (χ3n) is 7.05. The van der Waals surface area contributed by atoms with Crippen LogP contribution in [0, 0.1) is 5.92 Å². The number of carbonyl (C=O) groups is 2. The summed E-state index contributed by atoms with van der Waals surface area (Å²) in [5, 5.41) is -0.0317. The maximum atomic E-state index is 13.7. The Morgan fingerprint density at radius 2 is 1.97 bits per heavy atom. The van der Waals surface area contributed by atoms with Gasteiger partial charge in [0, 0.05) is 31.6 Å². The number of carbonyl (C=O) groups excluding carboxylic acids is 2. The van der Waals surface area contributed by atoms with Gasteiger partial charge in [-0.3, -0.25) is 14.5 Å². The molecular formula is C24H29ClN2O5. The lowest BCUT2D eigenvalue weighted by Crippen LogP contribution is -2.43. The second-order valence-corrected chi connectivity index (χ2v) is 9.53. The molecule has 1 saturated heterocycles. The Labute approximate surface area is 193 Å². The highest BCUT2D eigenvalue weighted by molar-refractivity contribution is 6.21. The number of morpholine rings is 1. The number of halogens is 1. The van der Waals surface area contributed by atoms with Crippen LogP contribution in [0.2, 0.25) is 0 Å². The molecular weight excluding hydrogens is 432 g/mol. The summed E-state index contributed by atoms with van der Waals surface area (Å²) in [6.45, 7) is 4.32. The van der Waals surface area contributed by atoms with Gasteiger partial charge in [-0.1, -0.05) is 12.1 Å². The third-order valence-corrected chi connectivity index (χ3v) is 7.45. The molecule has 1 saturated carbocycles. The highest BCUT2D eigenvalue weighted by Crippen LogP contribution is 2.47. The van der Waals surface area contributed by atoms with Crippen LogP contribution >= 0.6 is 11.6 Å². The van der Waals surface area contributed by atoms with E-state index in [1.807, 2.05) is 24.3 Å². The summed E-state index contributed by atoms with van der Waals surface area (Å²) in [7, 11) is 1.61. The van der Waals surface area contributed by atoms with E-state index in [9.17, 15) is 9.59 Å². The second kappa shape index (κ2) is 9.04. The van der Waals surface area contributed by atoms with Gasteiger partial charge in [0.2, 0.25) is 0 Å². The number of amides is 1. The van der Waals surface area contributed by atoms with E-state index in [2.05, 4.69) is 4.90 Å². The van der Waals surface area contributed by atoms with Gasteiger partial charge in [-0.15, -0.1) is 11.6 Å². The topological polar surface area (TPSA) is 68.3 Å². The van der Waals surface area contributed by atoms with Crippen molar-refractivity contribution < 1.29 is 23.8 Å². The minimum absolute atomic E-state index is 0.0108. The average Bonchev–Trinajstić information content (AvgIpc) is 3.10. The third kappa shape index (κ3) is 3.91. The highest BCUT2D eigenvalue weighted by atomic mass is 35.5. The van der Waals surface area contributed by atoms with Crippen LogP contribution in [0.25, 0.3) is 0 Å². The van der Waals surface area contributed by atoms with Crippen LogP contribution in [0.3, 0.4) is 0 Å². The van der Waals surface area contributed by atoms with Crippen molar-refractivity contribution in [3.05, 3.63) is 41.2 Å². The number of alkyl halides is 1. The number of hydrogen-bond donors (Lipinski definition) is 0. The number of nitrogens with zero attached hydrogens (tertiary/aromatic N) is 2. The number of ketones is 1. The molecule has 2 fully saturated rings. The predicted molar refractivity (Wildman–Crippen MR) is 119 cm³/mol. The summed E-state index contributed by atoms with van der Waals surface area (Å²) in [4.78, 5) is 31.3. The molecule has 32 heavy (non-hydrogen) atoms. The van der Waals surface area contributed by atoms with Crippen molar-refractivity contribution in [2.45, 2.75) is 36.8 Å². The number of methoxy groups -OCH3 is 1. The molecule has 1 aromatic carbocycles. The van der Waals surface area contributed by atoms with Crippen LogP contribution in [-0.2, 0) is 19.1 Å². The van der Waals surface area contributed by atoms with Gasteiger partial charge >= 0.3 is 0 Å². The first kappa shape index (κ1) is 21.7. The molecule has 3 heterocycles. The summed E-state index contributed by atoms with van der Waals surface area (Å²) in [6, 6.07) is 7.13. The Bertz CT molecular complexity index is 929. The highest BCUT2D eigenvalue weighted by Gasteiger charge is 2.52. The molecule has 172 valence electrons. The summed E-state index contributed by atoms with van der Waals surface area (Å²) >= 11 is 6.40. The molecule has 7 nitrogen and oxygen atoms in total. The predicted octanol–water partition coefficient (Wildman–Crippen LogP) is 2.54. The van der Waals surface area contributed by atoms with Crippen molar-refractivity contribution in [1.29, 1.82) is 0 Å². The molecule has 0 spiro atoms. The quantitative estimate of drug-likeness (QED) is 0.629. The Hall–Kier alpha value is -2.09. The fraction of sp³-hybridized carbons (Fsp3) is 0.583. The Morgan fingerprint density at radius 1 is 1.16 bits per heavy atom. The van der Waals surface area contributed by atoms with Crippen molar-refractivity contribution in [2.24, 2.45) is 5.92 Å². The zero-order chi connectivity index (χ0) is 22.2. The van der Waals surface area contributed by atoms with Gasteiger partial charge in [-0.05, 0) is 37.0 Å². The molecule has 0 radical (unpaired) electrons. The number of fused-ring (bicyclic) bond motifs is 1. The molecule has 4 atom stereocenters. The van der Waals surface area contributed by atoms with Gasteiger partial charge in [0.1, 0.15) is 11.9 Å². The van der Waals surface area contributed by atoms with E-state index in [0.29, 0.717) is 43.9 Å². The Kier molecular flexibility index (Phi) is 6.14. The second-order valence-electron chi connectivity index (χ2n) is 8.91. The van der Waals surface area contributed by atoms with Crippen LogP contribution in [0.4, 0.5) is 0 Å². The summed E-state index contributed by atoms with van der Waals surface area (Å²) in [6.07, 6.45) is 1.83. The summed E-state index contributed by atoms with van der Waals surface area (Å²) in [5.74, 6) is 0.458. The van der Waals surface area contributed by atoms with Gasteiger partial charge in [-0.2, -0.15) is 0 Å². The number of ether oxygens (including phenoxy) is 3. The molecule has 0 bridgehead atoms. The fourth-order valence-electron chi connectivity index (χ4n) is 5.33. The smallest absolute Gasteiger partial charge is 0.290 e. The van der Waals surface area contributed by atoms with Crippen molar-refractivity contribution >= 4 is 23.3 Å². The van der Waals surface area contributed by atoms with E-state index < -0.39 is 6.04 Å². The number of benzene rings is 1. The SMILES string of the molecule is COc1cccc(C2C3=C(OC4CCC(Cl)CC4C3=O)C(=O)N2CCN2CCOCC2)c1. The molecule has 1 aliphatic carbocycles. The lowest BCUT2D eigenvalue weighted by atomic mass is 9.77. The average molecular weight is 461 g/mol. The molecule has 0 aromatic heterocycles. The molecule has 4 unspecified atom stereocenters. The van der Waals surface area contributed by atoms with Crippen LogP contribution in [-0.4, -0.2) is 79.5 Å². The fourth-order valence-corrected chi connectivity index (χ4v) is 5.64. The molecule has 4 aliphatic rings. The summed E-state index contributed by atoms with van der Waals surface area (Å²) < 4.78 is 17.1. The molecule has 8 heteroatoms. The van der Waals surface area contributed by atoms with Gasteiger partial charge in [0.05, 0.1) is 37.9 Å². The Balaban J connectivity index is 1.48. The minimum atomic E-state index is -0.474. The van der Waals surface area contributed by atoms with E-state index in [1.165, 1.54) is 0 Å². The van der Waals surface area contributed by atoms with Crippen molar-refractivity contribution in [1.82, 2.24) is 9.80 Å². The first-order valence-corrected chi connectivity index (χ1v) is 11.8. The van der Waals surface area contributed by atoms with Gasteiger partial charge in [0.25, 0.3) is 5.91 Å². The van der Waals surface area contributed by atoms with Gasteiger partial charge < -0.3 is 19.1 Å². The maximum absolute atomic E-state index is 13.7. The molecule has 5 rings (SSSR count). The molecule has 0 N–H and O–H groups in total. The van der Waals surface area contributed by atoms with Crippen molar-refractivity contribution in [3.63, 3.8) is 0 Å². The number of rotatable bonds is 5. The lowest BCUT2D eigenvalue weighted by molar-refractivity contribution is -0.135. The zero-order valence-electron chi connectivity index (χ0n) is 18.3. The molecule has 1 amide bonds. The van der Waals surface area contributed by atoms with Crippen LogP contribution in [0.5, 0.6) is 5.75 Å². The monoisotopic (exact) mass is 460 g/mol. The summed E-state index contributed by atoms with van der Waals surface area (Å²) in [5.41, 5.74) is 1.34. The van der Waals surface area contributed by atoms with Crippen LogP contribution in [0.1, 0.15) is 30.9 Å². The molecule has 3 aliphatic heterocycles. The normalized spacial score (nSPS) is 30.8. The standard InChI is InChI=1S/C24H29ClN2O5/c1-30-17-4-2-3-15(13-17)21-20-22(28)18-14-16(25)5-6-19(18)32-23(20)24(29)27(21)8-7-26-9-11-31-12-10-26/h2-4,13,16,18-19,21H,5-12,14H2,1H3. The van der Waals surface area contributed by atoms with Crippen LogP contribution < -0.4 is 4.74 Å². The Morgan fingerprint density at radius 3 is 2.75 bits per heavy atom. The van der Waals surface area contributed by atoms with Crippen LogP contribution in [0.15, 0.2) is 35.6 Å². The van der Waals surface area contributed by atoms with E-state index in [0.717, 1.165) is 31.6 Å².